The van der Waals surface area contributed by atoms with Crippen LogP contribution < -0.4 is 0 Å². The Labute approximate surface area is 156 Å². The molecule has 26 heavy (non-hydrogen) atoms. The lowest BCUT2D eigenvalue weighted by molar-refractivity contribution is -0.133. The molecule has 1 aromatic rings. The first-order valence-electron chi connectivity index (χ1n) is 9.85. The van der Waals surface area contributed by atoms with Crippen molar-refractivity contribution < 1.29 is 9.53 Å². The molecule has 3 rings (SSSR count). The highest BCUT2D eigenvalue weighted by Gasteiger charge is 2.34. The average Bonchev–Trinajstić information content (AvgIpc) is 3.08. The quantitative estimate of drug-likeness (QED) is 0.754. The number of hydrogen-bond acceptors (Lipinski definition) is 5. The molecule has 1 aromatic heterocycles. The van der Waals surface area contributed by atoms with E-state index in [1.807, 2.05) is 29.9 Å². The molecule has 0 bridgehead atoms. The van der Waals surface area contributed by atoms with Gasteiger partial charge in [-0.3, -0.25) is 19.3 Å². The van der Waals surface area contributed by atoms with E-state index < -0.39 is 0 Å². The Balaban J connectivity index is 1.64. The number of morpholine rings is 1. The molecule has 0 saturated carbocycles. The first-order chi connectivity index (χ1) is 12.6. The predicted molar refractivity (Wildman–Crippen MR) is 101 cm³/mol. The highest BCUT2D eigenvalue weighted by molar-refractivity contribution is 5.78. The number of likely N-dealkylation sites (N-methyl/N-ethyl adjacent to an activating group) is 1. The van der Waals surface area contributed by atoms with Gasteiger partial charge in [0.25, 0.3) is 0 Å². The number of ether oxygens (including phenoxy) is 1. The lowest BCUT2D eigenvalue weighted by Crippen LogP contribution is -2.47. The topological polar surface area (TPSA) is 53.8 Å². The molecule has 0 aromatic carbocycles. The van der Waals surface area contributed by atoms with Crippen LogP contribution in [0.2, 0.25) is 0 Å². The zero-order valence-electron chi connectivity index (χ0n) is 16.4. The van der Waals surface area contributed by atoms with E-state index in [0.717, 1.165) is 52.4 Å². The minimum atomic E-state index is 0.213. The monoisotopic (exact) mass is 363 g/mol. The number of aromatic nitrogens is 2. The van der Waals surface area contributed by atoms with Crippen molar-refractivity contribution in [2.45, 2.75) is 25.8 Å². The van der Waals surface area contributed by atoms with Gasteiger partial charge in [-0.1, -0.05) is 6.92 Å². The van der Waals surface area contributed by atoms with Crippen LogP contribution in [-0.2, 0) is 16.6 Å². The lowest BCUT2D eigenvalue weighted by atomic mass is 9.85. The van der Waals surface area contributed by atoms with Gasteiger partial charge in [-0.05, 0) is 31.8 Å². The average molecular weight is 364 g/mol. The highest BCUT2D eigenvalue weighted by atomic mass is 16.5. The van der Waals surface area contributed by atoms with Gasteiger partial charge < -0.3 is 9.64 Å². The number of nitrogens with zero attached hydrogens (tertiary/aromatic N) is 5. The fourth-order valence-corrected chi connectivity index (χ4v) is 4.30. The molecule has 2 aliphatic rings. The van der Waals surface area contributed by atoms with E-state index in [1.165, 1.54) is 12.0 Å². The summed E-state index contributed by atoms with van der Waals surface area (Å²) in [6.45, 7) is 8.84. The Morgan fingerprint density at radius 2 is 2.12 bits per heavy atom. The number of carbonyl (C=O) groups is 1. The molecular formula is C19H33N5O2. The third-order valence-electron chi connectivity index (χ3n) is 5.73. The van der Waals surface area contributed by atoms with Gasteiger partial charge in [0.1, 0.15) is 0 Å². The third kappa shape index (κ3) is 4.64. The van der Waals surface area contributed by atoms with Crippen LogP contribution in [0.5, 0.6) is 0 Å². The molecule has 7 heteroatoms. The summed E-state index contributed by atoms with van der Waals surface area (Å²) in [5, 5.41) is 4.38. The number of amides is 1. The summed E-state index contributed by atoms with van der Waals surface area (Å²) in [4.78, 5) is 19.4. The summed E-state index contributed by atoms with van der Waals surface area (Å²) < 4.78 is 7.25. The molecule has 146 valence electrons. The molecule has 2 fully saturated rings. The van der Waals surface area contributed by atoms with Crippen LogP contribution in [-0.4, -0.2) is 89.9 Å². The number of carbonyl (C=O) groups excluding carboxylic acids is 1. The maximum Gasteiger partial charge on any atom is 0.236 e. The molecule has 0 radical (unpaired) electrons. The molecule has 3 heterocycles. The van der Waals surface area contributed by atoms with Crippen LogP contribution in [0.25, 0.3) is 0 Å². The second-order valence-corrected chi connectivity index (χ2v) is 7.59. The SMILES string of the molecule is CCN1CCC[C@@H](CN(C)C(=O)CN2CCOCC2)[C@@H]1c1cnn(C)c1. The second kappa shape index (κ2) is 8.97. The Kier molecular flexibility index (Phi) is 6.67. The number of hydrogen-bond donors (Lipinski definition) is 0. The van der Waals surface area contributed by atoms with Crippen molar-refractivity contribution in [1.29, 1.82) is 0 Å². The van der Waals surface area contributed by atoms with E-state index in [4.69, 9.17) is 4.74 Å². The lowest BCUT2D eigenvalue weighted by Gasteiger charge is -2.42. The number of rotatable bonds is 6. The summed E-state index contributed by atoms with van der Waals surface area (Å²) in [5.74, 6) is 0.664. The van der Waals surface area contributed by atoms with Crippen LogP contribution in [0.3, 0.4) is 0 Å². The van der Waals surface area contributed by atoms with E-state index in [0.29, 0.717) is 18.5 Å². The summed E-state index contributed by atoms with van der Waals surface area (Å²) >= 11 is 0. The Morgan fingerprint density at radius 1 is 1.35 bits per heavy atom. The zero-order valence-corrected chi connectivity index (χ0v) is 16.4. The molecule has 0 N–H and O–H groups in total. The summed E-state index contributed by atoms with van der Waals surface area (Å²) in [5.41, 5.74) is 1.27. The van der Waals surface area contributed by atoms with Crippen molar-refractivity contribution in [2.75, 3.05) is 59.5 Å². The molecule has 2 aliphatic heterocycles. The van der Waals surface area contributed by atoms with Crippen LogP contribution in [0.15, 0.2) is 12.4 Å². The predicted octanol–water partition coefficient (Wildman–Crippen LogP) is 0.984. The second-order valence-electron chi connectivity index (χ2n) is 7.59. The van der Waals surface area contributed by atoms with Gasteiger partial charge in [0.15, 0.2) is 0 Å². The first-order valence-corrected chi connectivity index (χ1v) is 9.85. The molecule has 1 amide bonds. The van der Waals surface area contributed by atoms with Gasteiger partial charge >= 0.3 is 0 Å². The van der Waals surface area contributed by atoms with Gasteiger partial charge in [0, 0.05) is 51.5 Å². The molecule has 2 saturated heterocycles. The highest BCUT2D eigenvalue weighted by Crippen LogP contribution is 2.36. The van der Waals surface area contributed by atoms with Gasteiger partial charge in [0.2, 0.25) is 5.91 Å². The largest absolute Gasteiger partial charge is 0.379 e. The van der Waals surface area contributed by atoms with E-state index >= 15 is 0 Å². The number of piperidine rings is 1. The van der Waals surface area contributed by atoms with Gasteiger partial charge in [-0.15, -0.1) is 0 Å². The molecular weight excluding hydrogens is 330 g/mol. The number of aryl methyl sites for hydroxylation is 1. The van der Waals surface area contributed by atoms with E-state index in [1.54, 1.807) is 0 Å². The standard InChI is InChI=1S/C19H33N5O2/c1-4-24-7-5-6-16(19(24)17-12-20-22(3)14-17)13-21(2)18(25)15-23-8-10-26-11-9-23/h12,14,16,19H,4-11,13,15H2,1-3H3/t16-,19+/m0/s1. The van der Waals surface area contributed by atoms with Gasteiger partial charge in [-0.25, -0.2) is 0 Å². The maximum atomic E-state index is 12.7. The van der Waals surface area contributed by atoms with E-state index in [2.05, 4.69) is 28.0 Å². The van der Waals surface area contributed by atoms with Crippen LogP contribution in [0.4, 0.5) is 0 Å². The Morgan fingerprint density at radius 3 is 2.77 bits per heavy atom. The van der Waals surface area contributed by atoms with Crippen molar-refractivity contribution in [3.8, 4) is 0 Å². The molecule has 0 aliphatic carbocycles. The maximum absolute atomic E-state index is 12.7. The molecule has 2 atom stereocenters. The van der Waals surface area contributed by atoms with Gasteiger partial charge in [-0.2, -0.15) is 5.10 Å². The summed E-state index contributed by atoms with van der Waals surface area (Å²) in [6, 6.07) is 0.348. The van der Waals surface area contributed by atoms with Gasteiger partial charge in [0.05, 0.1) is 26.0 Å². The first kappa shape index (κ1) is 19.3. The smallest absolute Gasteiger partial charge is 0.236 e. The summed E-state index contributed by atoms with van der Waals surface area (Å²) in [7, 11) is 3.92. The van der Waals surface area contributed by atoms with Crippen LogP contribution in [0, 0.1) is 5.92 Å². The fraction of sp³-hybridized carbons (Fsp3) is 0.789. The Bertz CT molecular complexity index is 584. The van der Waals surface area contributed by atoms with Crippen molar-refractivity contribution in [2.24, 2.45) is 13.0 Å². The van der Waals surface area contributed by atoms with Crippen molar-refractivity contribution >= 4 is 5.91 Å². The van der Waals surface area contributed by atoms with E-state index in [-0.39, 0.29) is 5.91 Å². The normalized spacial score (nSPS) is 25.3. The van der Waals surface area contributed by atoms with Crippen molar-refractivity contribution in [1.82, 2.24) is 24.5 Å². The zero-order chi connectivity index (χ0) is 18.5. The minimum Gasteiger partial charge on any atom is -0.379 e. The molecule has 0 unspecified atom stereocenters. The van der Waals surface area contributed by atoms with Crippen molar-refractivity contribution in [3.05, 3.63) is 18.0 Å². The third-order valence-corrected chi connectivity index (χ3v) is 5.73. The molecule has 7 nitrogen and oxygen atoms in total. The van der Waals surface area contributed by atoms with Crippen LogP contribution in [0.1, 0.15) is 31.4 Å². The summed E-state index contributed by atoms with van der Waals surface area (Å²) in [6.07, 6.45) is 6.47. The minimum absolute atomic E-state index is 0.213. The number of likely N-dealkylation sites (tertiary alicyclic amines) is 1. The van der Waals surface area contributed by atoms with Crippen molar-refractivity contribution in [3.63, 3.8) is 0 Å². The Hall–Kier alpha value is -1.44. The molecule has 0 spiro atoms. The van der Waals surface area contributed by atoms with E-state index in [9.17, 15) is 4.79 Å². The van der Waals surface area contributed by atoms with Crippen LogP contribution >= 0.6 is 0 Å². The fourth-order valence-electron chi connectivity index (χ4n) is 4.30.